The molecule has 1 atom stereocenters. The summed E-state index contributed by atoms with van der Waals surface area (Å²) in [7, 11) is 0. The van der Waals surface area contributed by atoms with E-state index in [-0.39, 0.29) is 11.9 Å². The van der Waals surface area contributed by atoms with Gasteiger partial charge in [0.1, 0.15) is 5.82 Å². The minimum atomic E-state index is -0.281. The number of hydrogen-bond acceptors (Lipinski definition) is 4. The quantitative estimate of drug-likeness (QED) is 0.777. The van der Waals surface area contributed by atoms with Crippen molar-refractivity contribution in [3.05, 3.63) is 40.0 Å². The molecule has 0 radical (unpaired) electrons. The van der Waals surface area contributed by atoms with Gasteiger partial charge in [-0.3, -0.25) is 10.1 Å². The number of fused-ring (bicyclic) bond motifs is 1. The number of imidazole rings is 1. The van der Waals surface area contributed by atoms with Gasteiger partial charge < -0.3 is 10.3 Å². The van der Waals surface area contributed by atoms with Crippen molar-refractivity contribution in [1.82, 2.24) is 20.3 Å². The average molecular weight is 336 g/mol. The van der Waals surface area contributed by atoms with Gasteiger partial charge in [0, 0.05) is 17.4 Å². The van der Waals surface area contributed by atoms with E-state index in [1.165, 1.54) is 0 Å². The summed E-state index contributed by atoms with van der Waals surface area (Å²) in [6, 6.07) is 3.37. The minimum absolute atomic E-state index is 0.0899. The number of aromatic nitrogens is 3. The first kappa shape index (κ1) is 13.3. The molecule has 2 aromatic rings. The number of nitrogens with one attached hydrogen (secondary N) is 3. The van der Waals surface area contributed by atoms with Crippen LogP contribution in [-0.4, -0.2) is 26.9 Å². The van der Waals surface area contributed by atoms with Crippen LogP contribution in [0.4, 0.5) is 5.82 Å². The van der Waals surface area contributed by atoms with Crippen LogP contribution in [0.15, 0.2) is 22.9 Å². The molecule has 3 N–H and O–H groups in total. The van der Waals surface area contributed by atoms with Crippen molar-refractivity contribution in [2.45, 2.75) is 25.9 Å². The minimum Gasteiger partial charge on any atom is -0.347 e. The predicted octanol–water partition coefficient (Wildman–Crippen LogP) is 1.53. The van der Waals surface area contributed by atoms with Crippen molar-refractivity contribution < 1.29 is 4.79 Å². The largest absolute Gasteiger partial charge is 0.347 e. The van der Waals surface area contributed by atoms with E-state index in [4.69, 9.17) is 0 Å². The van der Waals surface area contributed by atoms with Crippen LogP contribution in [0.3, 0.4) is 0 Å². The van der Waals surface area contributed by atoms with Gasteiger partial charge in [0.25, 0.3) is 0 Å². The highest BCUT2D eigenvalue weighted by Gasteiger charge is 2.25. The molecule has 2 aromatic heterocycles. The number of aryl methyl sites for hydroxylation is 1. The summed E-state index contributed by atoms with van der Waals surface area (Å²) in [5.74, 6) is 0.471. The third kappa shape index (κ3) is 2.59. The van der Waals surface area contributed by atoms with Crippen molar-refractivity contribution >= 4 is 27.7 Å². The number of pyridine rings is 1. The molecule has 0 saturated carbocycles. The number of anilines is 1. The van der Waals surface area contributed by atoms with E-state index in [0.29, 0.717) is 18.8 Å². The fourth-order valence-electron chi connectivity index (χ4n) is 2.18. The summed E-state index contributed by atoms with van der Waals surface area (Å²) >= 11 is 3.39. The Morgan fingerprint density at radius 3 is 3.15 bits per heavy atom. The Kier molecular flexibility index (Phi) is 3.54. The van der Waals surface area contributed by atoms with Crippen LogP contribution in [0.1, 0.15) is 17.1 Å². The van der Waals surface area contributed by atoms with Crippen LogP contribution >= 0.6 is 15.9 Å². The van der Waals surface area contributed by atoms with Gasteiger partial charge in [-0.25, -0.2) is 9.97 Å². The van der Waals surface area contributed by atoms with E-state index >= 15 is 0 Å². The van der Waals surface area contributed by atoms with Crippen molar-refractivity contribution in [2.24, 2.45) is 0 Å². The monoisotopic (exact) mass is 335 g/mol. The van der Waals surface area contributed by atoms with Gasteiger partial charge in [0.15, 0.2) is 0 Å². The molecule has 1 unspecified atom stereocenters. The Bertz CT molecular complexity index is 654. The first-order chi connectivity index (χ1) is 9.63. The molecule has 1 amide bonds. The number of aromatic amines is 1. The summed E-state index contributed by atoms with van der Waals surface area (Å²) in [5.41, 5.74) is 2.84. The van der Waals surface area contributed by atoms with Crippen LogP contribution < -0.4 is 10.6 Å². The lowest BCUT2D eigenvalue weighted by atomic mass is 10.0. The van der Waals surface area contributed by atoms with E-state index in [9.17, 15) is 4.79 Å². The topological polar surface area (TPSA) is 82.7 Å². The molecule has 0 saturated heterocycles. The second-order valence-electron chi connectivity index (χ2n) is 4.72. The molecule has 6 nitrogen and oxygen atoms in total. The number of nitrogens with zero attached hydrogens (tertiary/aromatic N) is 2. The lowest BCUT2D eigenvalue weighted by Crippen LogP contribution is -2.44. The molecule has 0 aromatic carbocycles. The van der Waals surface area contributed by atoms with Gasteiger partial charge in [-0.15, -0.1) is 0 Å². The van der Waals surface area contributed by atoms with Gasteiger partial charge >= 0.3 is 0 Å². The van der Waals surface area contributed by atoms with Crippen LogP contribution in [0.2, 0.25) is 0 Å². The Morgan fingerprint density at radius 1 is 1.50 bits per heavy atom. The van der Waals surface area contributed by atoms with E-state index in [1.54, 1.807) is 12.4 Å². The average Bonchev–Trinajstić information content (AvgIpc) is 2.90. The molecular weight excluding hydrogens is 322 g/mol. The first-order valence-electron chi connectivity index (χ1n) is 6.32. The van der Waals surface area contributed by atoms with Crippen LogP contribution in [0.5, 0.6) is 0 Å². The normalized spacial score (nSPS) is 17.6. The molecule has 104 valence electrons. The highest BCUT2D eigenvalue weighted by Crippen LogP contribution is 2.17. The molecule has 1 aliphatic rings. The SMILES string of the molecule is Cc1nc(NC(=O)C2Cc3nc[nH]c3CN2)ccc1Br. The van der Waals surface area contributed by atoms with E-state index < -0.39 is 0 Å². The number of amides is 1. The van der Waals surface area contributed by atoms with Gasteiger partial charge in [-0.05, 0) is 35.0 Å². The zero-order chi connectivity index (χ0) is 14.1. The molecule has 0 bridgehead atoms. The molecule has 0 spiro atoms. The molecule has 3 rings (SSSR count). The van der Waals surface area contributed by atoms with E-state index in [2.05, 4.69) is 41.5 Å². The Labute approximate surface area is 124 Å². The number of carbonyl (C=O) groups is 1. The number of carbonyl (C=O) groups excluding carboxylic acids is 1. The molecule has 1 aliphatic heterocycles. The second kappa shape index (κ2) is 5.34. The summed E-state index contributed by atoms with van der Waals surface area (Å²) in [4.78, 5) is 23.8. The first-order valence-corrected chi connectivity index (χ1v) is 7.11. The summed E-state index contributed by atoms with van der Waals surface area (Å²) in [5, 5.41) is 6.02. The maximum absolute atomic E-state index is 12.2. The lowest BCUT2D eigenvalue weighted by molar-refractivity contribution is -0.118. The van der Waals surface area contributed by atoms with E-state index in [0.717, 1.165) is 21.6 Å². The molecule has 20 heavy (non-hydrogen) atoms. The molecular formula is C13H14BrN5O. The second-order valence-corrected chi connectivity index (χ2v) is 5.57. The molecule has 7 heteroatoms. The van der Waals surface area contributed by atoms with Crippen molar-refractivity contribution in [1.29, 1.82) is 0 Å². The third-order valence-electron chi connectivity index (χ3n) is 3.32. The fourth-order valence-corrected chi connectivity index (χ4v) is 2.40. The Morgan fingerprint density at radius 2 is 2.35 bits per heavy atom. The Balaban J connectivity index is 1.69. The number of halogens is 1. The van der Waals surface area contributed by atoms with Crippen LogP contribution in [-0.2, 0) is 17.8 Å². The van der Waals surface area contributed by atoms with Gasteiger partial charge in [0.2, 0.25) is 5.91 Å². The summed E-state index contributed by atoms with van der Waals surface area (Å²) in [6.07, 6.45) is 2.24. The van der Waals surface area contributed by atoms with Crippen LogP contribution in [0.25, 0.3) is 0 Å². The number of H-pyrrole nitrogens is 1. The van der Waals surface area contributed by atoms with Crippen molar-refractivity contribution in [2.75, 3.05) is 5.32 Å². The maximum Gasteiger partial charge on any atom is 0.243 e. The van der Waals surface area contributed by atoms with Gasteiger partial charge in [0.05, 0.1) is 29.5 Å². The molecule has 3 heterocycles. The third-order valence-corrected chi connectivity index (χ3v) is 4.16. The fraction of sp³-hybridized carbons (Fsp3) is 0.308. The van der Waals surface area contributed by atoms with Crippen LogP contribution in [0, 0.1) is 6.92 Å². The van der Waals surface area contributed by atoms with E-state index in [1.807, 2.05) is 13.0 Å². The molecule has 0 fully saturated rings. The molecule has 0 aliphatic carbocycles. The van der Waals surface area contributed by atoms with Gasteiger partial charge in [-0.2, -0.15) is 0 Å². The lowest BCUT2D eigenvalue weighted by Gasteiger charge is -2.22. The Hall–Kier alpha value is -1.73. The number of hydrogen-bond donors (Lipinski definition) is 3. The number of rotatable bonds is 2. The highest BCUT2D eigenvalue weighted by molar-refractivity contribution is 9.10. The summed E-state index contributed by atoms with van der Waals surface area (Å²) < 4.78 is 0.924. The predicted molar refractivity (Wildman–Crippen MR) is 78.2 cm³/mol. The van der Waals surface area contributed by atoms with Crippen molar-refractivity contribution in [3.63, 3.8) is 0 Å². The van der Waals surface area contributed by atoms with Gasteiger partial charge in [-0.1, -0.05) is 0 Å². The standard InChI is InChI=1S/C13H14BrN5O/c1-7-8(14)2-3-12(18-7)19-13(20)10-4-9-11(5-15-10)17-6-16-9/h2-3,6,10,15H,4-5H2,1H3,(H,16,17)(H,18,19,20). The summed E-state index contributed by atoms with van der Waals surface area (Å²) in [6.45, 7) is 2.51. The zero-order valence-electron chi connectivity index (χ0n) is 10.9. The maximum atomic E-state index is 12.2. The zero-order valence-corrected chi connectivity index (χ0v) is 12.5. The smallest absolute Gasteiger partial charge is 0.243 e. The highest BCUT2D eigenvalue weighted by atomic mass is 79.9. The van der Waals surface area contributed by atoms with Crippen molar-refractivity contribution in [3.8, 4) is 0 Å².